The van der Waals surface area contributed by atoms with Crippen molar-refractivity contribution in [1.29, 1.82) is 0 Å². The Labute approximate surface area is 158 Å². The van der Waals surface area contributed by atoms with Gasteiger partial charge in [0.1, 0.15) is 5.75 Å². The third-order valence-electron chi connectivity index (χ3n) is 5.35. The van der Waals surface area contributed by atoms with Crippen LogP contribution in [0.4, 0.5) is 0 Å². The van der Waals surface area contributed by atoms with Crippen molar-refractivity contribution >= 4 is 0 Å². The number of benzene rings is 1. The van der Waals surface area contributed by atoms with Crippen molar-refractivity contribution < 1.29 is 14.9 Å². The number of aliphatic hydroxyl groups excluding tert-OH is 2. The Balaban J connectivity index is 1.92. The number of ether oxygens (including phenoxy) is 1. The van der Waals surface area contributed by atoms with Gasteiger partial charge < -0.3 is 19.8 Å². The average Bonchev–Trinajstić information content (AvgIpc) is 2.62. The fourth-order valence-electron chi connectivity index (χ4n) is 3.92. The van der Waals surface area contributed by atoms with Gasteiger partial charge in [0, 0.05) is 31.6 Å². The van der Waals surface area contributed by atoms with E-state index in [9.17, 15) is 10.2 Å². The van der Waals surface area contributed by atoms with Crippen LogP contribution in [0.1, 0.15) is 38.2 Å². The van der Waals surface area contributed by atoms with Gasteiger partial charge in [-0.15, -0.1) is 0 Å². The molecule has 1 aliphatic rings. The molecule has 0 amide bonds. The smallest absolute Gasteiger partial charge is 0.119 e. The van der Waals surface area contributed by atoms with Crippen molar-refractivity contribution in [3.63, 3.8) is 0 Å². The molecule has 2 rings (SSSR count). The highest BCUT2D eigenvalue weighted by molar-refractivity contribution is 5.28. The Kier molecular flexibility index (Phi) is 8.35. The second-order valence-electron chi connectivity index (χ2n) is 7.94. The van der Waals surface area contributed by atoms with Crippen LogP contribution in [0.15, 0.2) is 24.3 Å². The zero-order valence-corrected chi connectivity index (χ0v) is 16.7. The van der Waals surface area contributed by atoms with Crippen LogP contribution in [-0.2, 0) is 6.54 Å². The van der Waals surface area contributed by atoms with E-state index in [1.807, 2.05) is 12.1 Å². The van der Waals surface area contributed by atoms with Crippen LogP contribution in [-0.4, -0.2) is 73.1 Å². The first-order chi connectivity index (χ1) is 12.5. The Morgan fingerprint density at radius 1 is 1.35 bits per heavy atom. The normalized spacial score (nSPS) is 24.2. The summed E-state index contributed by atoms with van der Waals surface area (Å²) in [5, 5.41) is 20.3. The maximum Gasteiger partial charge on any atom is 0.119 e. The van der Waals surface area contributed by atoms with Crippen molar-refractivity contribution in [3.8, 4) is 5.75 Å². The van der Waals surface area contributed by atoms with Gasteiger partial charge in [0.15, 0.2) is 0 Å². The number of hydrogen-bond acceptors (Lipinski definition) is 5. The maximum absolute atomic E-state index is 10.4. The molecule has 0 radical (unpaired) electrons. The van der Waals surface area contributed by atoms with Crippen LogP contribution < -0.4 is 4.74 Å². The molecule has 0 unspecified atom stereocenters. The largest absolute Gasteiger partial charge is 0.494 e. The maximum atomic E-state index is 10.4. The van der Waals surface area contributed by atoms with Crippen molar-refractivity contribution in [2.24, 2.45) is 5.41 Å². The second kappa shape index (κ2) is 10.3. The van der Waals surface area contributed by atoms with Crippen molar-refractivity contribution in [1.82, 2.24) is 9.80 Å². The van der Waals surface area contributed by atoms with Gasteiger partial charge in [-0.25, -0.2) is 0 Å². The Morgan fingerprint density at radius 2 is 2.15 bits per heavy atom. The van der Waals surface area contributed by atoms with E-state index < -0.39 is 6.10 Å². The minimum Gasteiger partial charge on any atom is -0.494 e. The molecule has 1 aromatic rings. The van der Waals surface area contributed by atoms with Crippen LogP contribution in [0.5, 0.6) is 5.75 Å². The lowest BCUT2D eigenvalue weighted by molar-refractivity contribution is -0.0819. The molecule has 5 nitrogen and oxygen atoms in total. The molecule has 0 aliphatic carbocycles. The second-order valence-corrected chi connectivity index (χ2v) is 7.94. The van der Waals surface area contributed by atoms with Gasteiger partial charge in [-0.1, -0.05) is 25.5 Å². The summed E-state index contributed by atoms with van der Waals surface area (Å²) in [5.74, 6) is 0.917. The van der Waals surface area contributed by atoms with E-state index in [1.54, 1.807) is 0 Å². The van der Waals surface area contributed by atoms with Crippen molar-refractivity contribution in [2.75, 3.05) is 46.9 Å². The number of likely N-dealkylation sites (tertiary alicyclic amines) is 1. The molecule has 1 heterocycles. The zero-order valence-electron chi connectivity index (χ0n) is 16.7. The highest BCUT2D eigenvalue weighted by Crippen LogP contribution is 2.35. The molecular formula is C21H36N2O3. The molecule has 0 bridgehead atoms. The van der Waals surface area contributed by atoms with Crippen molar-refractivity contribution in [3.05, 3.63) is 29.8 Å². The van der Waals surface area contributed by atoms with E-state index in [1.165, 1.54) is 5.56 Å². The number of rotatable bonds is 10. The van der Waals surface area contributed by atoms with Gasteiger partial charge in [-0.05, 0) is 51.1 Å². The van der Waals surface area contributed by atoms with E-state index in [0.717, 1.165) is 64.2 Å². The molecule has 0 saturated carbocycles. The Bertz CT molecular complexity index is 538. The molecule has 1 fully saturated rings. The quantitative estimate of drug-likeness (QED) is 0.624. The van der Waals surface area contributed by atoms with E-state index in [-0.39, 0.29) is 12.0 Å². The van der Waals surface area contributed by atoms with Crippen molar-refractivity contribution in [2.45, 2.75) is 45.3 Å². The molecule has 1 aliphatic heterocycles. The highest BCUT2D eigenvalue weighted by atomic mass is 16.5. The number of hydrogen-bond donors (Lipinski definition) is 2. The summed E-state index contributed by atoms with van der Waals surface area (Å²) >= 11 is 0. The SMILES string of the molecule is CCC[C@@]1(CO)CN(Cc2cccc(OCCCN(C)C)c2)CC[C@@H]1O. The van der Waals surface area contributed by atoms with Crippen LogP contribution >= 0.6 is 0 Å². The molecule has 1 saturated heterocycles. The Morgan fingerprint density at radius 3 is 2.85 bits per heavy atom. The van der Waals surface area contributed by atoms with Crippen LogP contribution in [0, 0.1) is 5.41 Å². The summed E-state index contributed by atoms with van der Waals surface area (Å²) in [6.07, 6.45) is 3.16. The van der Waals surface area contributed by atoms with Gasteiger partial charge in [0.25, 0.3) is 0 Å². The molecule has 1 aromatic carbocycles. The van der Waals surface area contributed by atoms with Gasteiger partial charge in [0.05, 0.1) is 19.3 Å². The predicted molar refractivity (Wildman–Crippen MR) is 105 cm³/mol. The van der Waals surface area contributed by atoms with Gasteiger partial charge in [-0.3, -0.25) is 4.90 Å². The number of aliphatic hydroxyl groups is 2. The molecule has 26 heavy (non-hydrogen) atoms. The molecule has 0 aromatic heterocycles. The highest BCUT2D eigenvalue weighted by Gasteiger charge is 2.41. The zero-order chi connectivity index (χ0) is 19.0. The lowest BCUT2D eigenvalue weighted by atomic mass is 9.74. The third kappa shape index (κ3) is 5.95. The van der Waals surface area contributed by atoms with E-state index in [4.69, 9.17) is 4.74 Å². The van der Waals surface area contributed by atoms with Gasteiger partial charge >= 0.3 is 0 Å². The summed E-state index contributed by atoms with van der Waals surface area (Å²) in [4.78, 5) is 4.51. The molecule has 2 N–H and O–H groups in total. The van der Waals surface area contributed by atoms with E-state index >= 15 is 0 Å². The van der Waals surface area contributed by atoms with Crippen LogP contribution in [0.2, 0.25) is 0 Å². The van der Waals surface area contributed by atoms with Gasteiger partial charge in [0.2, 0.25) is 0 Å². The summed E-state index contributed by atoms with van der Waals surface area (Å²) in [5.41, 5.74) is 0.836. The molecule has 148 valence electrons. The fourth-order valence-corrected chi connectivity index (χ4v) is 3.92. The van der Waals surface area contributed by atoms with E-state index in [0.29, 0.717) is 0 Å². The lowest BCUT2D eigenvalue weighted by Gasteiger charge is -2.45. The van der Waals surface area contributed by atoms with E-state index in [2.05, 4.69) is 43.0 Å². The lowest BCUT2D eigenvalue weighted by Crippen LogP contribution is -2.53. The van der Waals surface area contributed by atoms with Gasteiger partial charge in [-0.2, -0.15) is 0 Å². The molecule has 2 atom stereocenters. The minimum absolute atomic E-state index is 0.0491. The topological polar surface area (TPSA) is 56.2 Å². The van der Waals surface area contributed by atoms with Crippen LogP contribution in [0.25, 0.3) is 0 Å². The molecular weight excluding hydrogens is 328 g/mol. The monoisotopic (exact) mass is 364 g/mol. The van der Waals surface area contributed by atoms with Crippen LogP contribution in [0.3, 0.4) is 0 Å². The standard InChI is InChI=1S/C21H36N2O3/c1-4-10-21(17-24)16-23(12-9-20(21)25)15-18-7-5-8-19(14-18)26-13-6-11-22(2)3/h5,7-8,14,20,24-25H,4,6,9-13,15-17H2,1-3H3/t20-,21-/m0/s1. The average molecular weight is 365 g/mol. The first-order valence-electron chi connectivity index (χ1n) is 9.87. The predicted octanol–water partition coefficient (Wildman–Crippen LogP) is 2.36. The summed E-state index contributed by atoms with van der Waals surface area (Å²) in [7, 11) is 4.14. The Hall–Kier alpha value is -1.14. The summed E-state index contributed by atoms with van der Waals surface area (Å²) < 4.78 is 5.88. The molecule has 5 heteroatoms. The molecule has 0 spiro atoms. The number of piperidine rings is 1. The first kappa shape index (κ1) is 21.2. The first-order valence-corrected chi connectivity index (χ1v) is 9.87. The summed E-state index contributed by atoms with van der Waals surface area (Å²) in [6, 6.07) is 8.29. The third-order valence-corrected chi connectivity index (χ3v) is 5.35. The fraction of sp³-hybridized carbons (Fsp3) is 0.714. The summed E-state index contributed by atoms with van der Waals surface area (Å²) in [6.45, 7) is 6.34. The minimum atomic E-state index is -0.407. The number of nitrogens with zero attached hydrogens (tertiary/aromatic N) is 2.